The predicted octanol–water partition coefficient (Wildman–Crippen LogP) is -0.573. The maximum atomic E-state index is 11.7. The van der Waals surface area contributed by atoms with Gasteiger partial charge in [0.1, 0.15) is 4.75 Å². The minimum absolute atomic E-state index is 0.0867. The largest absolute Gasteiger partial charge is 0.234 e. The fourth-order valence-corrected chi connectivity index (χ4v) is 3.37. The van der Waals surface area contributed by atoms with Crippen LogP contribution in [0, 0.1) is 0 Å². The first-order valence-corrected chi connectivity index (χ1v) is 7.50. The van der Waals surface area contributed by atoms with E-state index in [-0.39, 0.29) is 11.3 Å². The highest BCUT2D eigenvalue weighted by Gasteiger charge is 2.39. The lowest BCUT2D eigenvalue weighted by Gasteiger charge is -2.28. The highest BCUT2D eigenvalue weighted by molar-refractivity contribution is 7.93. The monoisotopic (exact) mass is 266 g/mol. The van der Waals surface area contributed by atoms with Crippen LogP contribution in [0.1, 0.15) is 13.3 Å². The Bertz CT molecular complexity index is 545. The minimum Gasteiger partial charge on any atom is -0.225 e. The van der Waals surface area contributed by atoms with Crippen molar-refractivity contribution < 1.29 is 16.8 Å². The molecule has 8 heteroatoms. The fraction of sp³-hybridized carbons (Fsp3) is 0.500. The molecule has 0 heterocycles. The standard InChI is InChI=1S/C8H14N2O4S2/c1-8(16(13,14)10-2)5-3-4-7(6-8)15(9,11)12/h3-5,10H,6H2,1-2H3,(H2,9,11,12). The van der Waals surface area contributed by atoms with E-state index in [2.05, 4.69) is 4.72 Å². The van der Waals surface area contributed by atoms with E-state index in [0.717, 1.165) is 0 Å². The Kier molecular flexibility index (Phi) is 3.30. The number of hydrogen-bond acceptors (Lipinski definition) is 4. The summed E-state index contributed by atoms with van der Waals surface area (Å²) in [5.74, 6) is 0. The Morgan fingerprint density at radius 2 is 1.94 bits per heavy atom. The molecule has 0 aromatic heterocycles. The smallest absolute Gasteiger partial charge is 0.225 e. The molecule has 1 aliphatic rings. The summed E-state index contributed by atoms with van der Waals surface area (Å²) < 4.78 is 46.6. The van der Waals surface area contributed by atoms with E-state index in [1.54, 1.807) is 0 Å². The highest BCUT2D eigenvalue weighted by Crippen LogP contribution is 2.31. The minimum atomic E-state index is -3.85. The zero-order chi connectivity index (χ0) is 12.6. The zero-order valence-corrected chi connectivity index (χ0v) is 10.6. The van der Waals surface area contributed by atoms with E-state index >= 15 is 0 Å². The fourth-order valence-electron chi connectivity index (χ4n) is 1.44. The molecule has 0 spiro atoms. The number of hydrogen-bond donors (Lipinski definition) is 2. The molecule has 0 aromatic carbocycles. The zero-order valence-electron chi connectivity index (χ0n) is 8.97. The number of nitrogens with two attached hydrogens (primary N) is 1. The average molecular weight is 266 g/mol. The summed E-state index contributed by atoms with van der Waals surface area (Å²) in [6.07, 6.45) is 3.97. The first kappa shape index (κ1) is 13.4. The van der Waals surface area contributed by atoms with Crippen LogP contribution in [0.15, 0.2) is 23.1 Å². The first-order chi connectivity index (χ1) is 7.12. The summed E-state index contributed by atoms with van der Waals surface area (Å²) in [7, 11) is -6.18. The highest BCUT2D eigenvalue weighted by atomic mass is 32.2. The van der Waals surface area contributed by atoms with Crippen LogP contribution in [0.25, 0.3) is 0 Å². The van der Waals surface area contributed by atoms with Crippen LogP contribution >= 0.6 is 0 Å². The molecule has 0 bridgehead atoms. The Labute approximate surface area is 95.3 Å². The normalized spacial score (nSPS) is 26.6. The number of nitrogens with one attached hydrogen (secondary N) is 1. The maximum absolute atomic E-state index is 11.7. The van der Waals surface area contributed by atoms with Crippen molar-refractivity contribution in [1.82, 2.24) is 4.72 Å². The van der Waals surface area contributed by atoms with Crippen LogP contribution in [-0.2, 0) is 20.0 Å². The van der Waals surface area contributed by atoms with Gasteiger partial charge in [0.15, 0.2) is 0 Å². The lowest BCUT2D eigenvalue weighted by molar-refractivity contribution is 0.551. The summed E-state index contributed by atoms with van der Waals surface area (Å²) in [6.45, 7) is 1.44. The molecule has 0 saturated carbocycles. The summed E-state index contributed by atoms with van der Waals surface area (Å²) in [5, 5.41) is 4.97. The van der Waals surface area contributed by atoms with Crippen molar-refractivity contribution in [2.75, 3.05) is 7.05 Å². The molecule has 0 aromatic rings. The molecule has 16 heavy (non-hydrogen) atoms. The number of rotatable bonds is 3. The second-order valence-corrected chi connectivity index (χ2v) is 7.70. The summed E-state index contributed by atoms with van der Waals surface area (Å²) in [4.78, 5) is -0.0867. The van der Waals surface area contributed by atoms with E-state index in [9.17, 15) is 16.8 Å². The van der Waals surface area contributed by atoms with Crippen LogP contribution in [0.4, 0.5) is 0 Å². The topological polar surface area (TPSA) is 106 Å². The van der Waals surface area contributed by atoms with E-state index < -0.39 is 24.8 Å². The van der Waals surface area contributed by atoms with Gasteiger partial charge in [-0.05, 0) is 20.0 Å². The molecule has 3 N–H and O–H groups in total. The van der Waals surface area contributed by atoms with Crippen LogP contribution < -0.4 is 9.86 Å². The molecule has 0 amide bonds. The third-order valence-electron chi connectivity index (χ3n) is 2.50. The molecule has 1 atom stereocenters. The molecule has 92 valence electrons. The van der Waals surface area contributed by atoms with Gasteiger partial charge in [-0.1, -0.05) is 12.2 Å². The lowest BCUT2D eigenvalue weighted by Crippen LogP contribution is -2.43. The third-order valence-corrected chi connectivity index (χ3v) is 5.56. The van der Waals surface area contributed by atoms with Crippen molar-refractivity contribution in [3.8, 4) is 0 Å². The van der Waals surface area contributed by atoms with Gasteiger partial charge in [-0.3, -0.25) is 0 Å². The number of allylic oxidation sites excluding steroid dienone is 3. The lowest BCUT2D eigenvalue weighted by atomic mass is 10.0. The quantitative estimate of drug-likeness (QED) is 0.713. The van der Waals surface area contributed by atoms with Gasteiger partial charge in [0.05, 0.1) is 4.91 Å². The summed E-state index contributed by atoms with van der Waals surface area (Å²) in [5.41, 5.74) is 0. The second-order valence-electron chi connectivity index (χ2n) is 3.73. The Morgan fingerprint density at radius 3 is 2.38 bits per heavy atom. The Morgan fingerprint density at radius 1 is 1.38 bits per heavy atom. The van der Waals surface area contributed by atoms with Gasteiger partial charge in [-0.2, -0.15) is 0 Å². The van der Waals surface area contributed by atoms with Crippen LogP contribution in [0.2, 0.25) is 0 Å². The van der Waals surface area contributed by atoms with Gasteiger partial charge >= 0.3 is 0 Å². The molecule has 1 aliphatic carbocycles. The van der Waals surface area contributed by atoms with Crippen molar-refractivity contribution in [2.24, 2.45) is 5.14 Å². The van der Waals surface area contributed by atoms with Crippen molar-refractivity contribution in [2.45, 2.75) is 18.1 Å². The second kappa shape index (κ2) is 3.95. The van der Waals surface area contributed by atoms with E-state index in [1.165, 1.54) is 32.2 Å². The van der Waals surface area contributed by atoms with Crippen molar-refractivity contribution in [3.63, 3.8) is 0 Å². The van der Waals surface area contributed by atoms with Gasteiger partial charge in [0, 0.05) is 6.42 Å². The van der Waals surface area contributed by atoms with Gasteiger partial charge in [0.2, 0.25) is 20.0 Å². The molecule has 0 aliphatic heterocycles. The van der Waals surface area contributed by atoms with Gasteiger partial charge < -0.3 is 0 Å². The molecule has 0 fully saturated rings. The van der Waals surface area contributed by atoms with E-state index in [4.69, 9.17) is 5.14 Å². The molecule has 6 nitrogen and oxygen atoms in total. The van der Waals surface area contributed by atoms with Crippen molar-refractivity contribution in [3.05, 3.63) is 23.1 Å². The maximum Gasteiger partial charge on any atom is 0.234 e. The number of primary sulfonamides is 1. The van der Waals surface area contributed by atoms with Crippen LogP contribution in [-0.4, -0.2) is 28.6 Å². The molecule has 1 unspecified atom stereocenters. The van der Waals surface area contributed by atoms with Crippen molar-refractivity contribution in [1.29, 1.82) is 0 Å². The van der Waals surface area contributed by atoms with E-state index in [0.29, 0.717) is 0 Å². The molecule has 0 radical (unpaired) electrons. The Balaban J connectivity index is 3.20. The summed E-state index contributed by atoms with van der Waals surface area (Å²) in [6, 6.07) is 0. The Hall–Kier alpha value is -0.700. The van der Waals surface area contributed by atoms with Crippen molar-refractivity contribution >= 4 is 20.0 Å². The molecule has 0 saturated heterocycles. The van der Waals surface area contributed by atoms with Gasteiger partial charge in [0.25, 0.3) is 0 Å². The van der Waals surface area contributed by atoms with Gasteiger partial charge in [-0.25, -0.2) is 26.7 Å². The van der Waals surface area contributed by atoms with Crippen LogP contribution in [0.3, 0.4) is 0 Å². The number of sulfonamides is 2. The first-order valence-electron chi connectivity index (χ1n) is 4.47. The molecular formula is C8H14N2O4S2. The molecular weight excluding hydrogens is 252 g/mol. The third kappa shape index (κ3) is 2.34. The van der Waals surface area contributed by atoms with Crippen LogP contribution in [0.5, 0.6) is 0 Å². The average Bonchev–Trinajstić information content (AvgIpc) is 2.16. The predicted molar refractivity (Wildman–Crippen MR) is 61.3 cm³/mol. The summed E-state index contributed by atoms with van der Waals surface area (Å²) >= 11 is 0. The molecule has 1 rings (SSSR count). The van der Waals surface area contributed by atoms with E-state index in [1.807, 2.05) is 0 Å². The SMILES string of the molecule is CNS(=O)(=O)C1(C)C=CC=C(S(N)(=O)=O)C1. The van der Waals surface area contributed by atoms with Gasteiger partial charge in [-0.15, -0.1) is 0 Å².